The lowest BCUT2D eigenvalue weighted by atomic mass is 10.1. The maximum atomic E-state index is 6.17. The number of hydrogen-bond donors (Lipinski definition) is 1. The van der Waals surface area contributed by atoms with E-state index in [9.17, 15) is 0 Å². The monoisotopic (exact) mass is 409 g/mol. The topological polar surface area (TPSA) is 52.6 Å². The number of rotatable bonds is 7. The third-order valence-electron chi connectivity index (χ3n) is 6.53. The van der Waals surface area contributed by atoms with E-state index in [1.165, 1.54) is 12.8 Å². The summed E-state index contributed by atoms with van der Waals surface area (Å²) in [7, 11) is 2.21. The predicted octanol–water partition coefficient (Wildman–Crippen LogP) is 1.64. The first kappa shape index (κ1) is 22.8. The first-order valence-electron chi connectivity index (χ1n) is 11.8. The molecule has 0 aliphatic carbocycles. The maximum absolute atomic E-state index is 6.17. The van der Waals surface area contributed by atoms with Crippen molar-refractivity contribution < 1.29 is 9.47 Å². The van der Waals surface area contributed by atoms with Crippen molar-refractivity contribution >= 4 is 5.96 Å². The van der Waals surface area contributed by atoms with Crippen LogP contribution in [0.5, 0.6) is 0 Å². The fraction of sp³-hybridized carbons (Fsp3) is 0.955. The van der Waals surface area contributed by atoms with Gasteiger partial charge in [0, 0.05) is 58.5 Å². The lowest BCUT2D eigenvalue weighted by molar-refractivity contribution is -0.0721. The van der Waals surface area contributed by atoms with Gasteiger partial charge in [0.2, 0.25) is 0 Å². The Morgan fingerprint density at radius 2 is 1.86 bits per heavy atom. The predicted molar refractivity (Wildman–Crippen MR) is 119 cm³/mol. The molecule has 168 valence electrons. The molecule has 29 heavy (non-hydrogen) atoms. The summed E-state index contributed by atoms with van der Waals surface area (Å²) in [6.07, 6.45) is 6.47. The summed E-state index contributed by atoms with van der Waals surface area (Å²) < 4.78 is 12.0. The third-order valence-corrected chi connectivity index (χ3v) is 6.53. The summed E-state index contributed by atoms with van der Waals surface area (Å²) in [4.78, 5) is 12.4. The maximum Gasteiger partial charge on any atom is 0.193 e. The fourth-order valence-corrected chi connectivity index (χ4v) is 4.44. The zero-order valence-electron chi connectivity index (χ0n) is 18.9. The normalized spacial score (nSPS) is 27.2. The van der Waals surface area contributed by atoms with Gasteiger partial charge in [-0.1, -0.05) is 0 Å². The average molecular weight is 410 g/mol. The molecule has 0 spiro atoms. The number of piperidine rings is 1. The molecule has 3 heterocycles. The van der Waals surface area contributed by atoms with Crippen LogP contribution >= 0.6 is 0 Å². The molecular formula is C22H43N5O2. The van der Waals surface area contributed by atoms with Crippen LogP contribution in [0.15, 0.2) is 4.99 Å². The number of likely N-dealkylation sites (N-methyl/N-ethyl adjacent to an activating group) is 1. The van der Waals surface area contributed by atoms with E-state index in [2.05, 4.69) is 40.9 Å². The SMILES string of the molecule is CCNC(=NCC(C)N1CCN(C)CC1)N1CCC(OCC2CCCCO2)CC1. The van der Waals surface area contributed by atoms with Crippen molar-refractivity contribution in [3.63, 3.8) is 0 Å². The molecule has 0 saturated carbocycles. The molecule has 3 fully saturated rings. The van der Waals surface area contributed by atoms with E-state index in [-0.39, 0.29) is 0 Å². The Balaban J connectivity index is 1.41. The molecular weight excluding hydrogens is 366 g/mol. The quantitative estimate of drug-likeness (QED) is 0.510. The number of likely N-dealkylation sites (tertiary alicyclic amines) is 1. The molecule has 3 rings (SSSR count). The number of piperazine rings is 1. The van der Waals surface area contributed by atoms with Crippen molar-refractivity contribution in [3.8, 4) is 0 Å². The van der Waals surface area contributed by atoms with Gasteiger partial charge in [-0.15, -0.1) is 0 Å². The van der Waals surface area contributed by atoms with Crippen LogP contribution in [0.1, 0.15) is 46.0 Å². The summed E-state index contributed by atoms with van der Waals surface area (Å²) >= 11 is 0. The van der Waals surface area contributed by atoms with Crippen LogP contribution in [0.25, 0.3) is 0 Å². The number of aliphatic imine (C=N–C) groups is 1. The van der Waals surface area contributed by atoms with Crippen molar-refractivity contribution in [2.75, 3.05) is 72.6 Å². The summed E-state index contributed by atoms with van der Waals surface area (Å²) in [5, 5.41) is 3.50. The lowest BCUT2D eigenvalue weighted by Crippen LogP contribution is -2.50. The van der Waals surface area contributed by atoms with Crippen molar-refractivity contribution in [2.45, 2.75) is 64.2 Å². The van der Waals surface area contributed by atoms with Crippen molar-refractivity contribution in [1.29, 1.82) is 0 Å². The fourth-order valence-electron chi connectivity index (χ4n) is 4.44. The molecule has 0 aromatic rings. The van der Waals surface area contributed by atoms with Crippen LogP contribution in [0, 0.1) is 0 Å². The summed E-state index contributed by atoms with van der Waals surface area (Å²) in [5.74, 6) is 1.07. The molecule has 7 heteroatoms. The molecule has 0 amide bonds. The largest absolute Gasteiger partial charge is 0.376 e. The lowest BCUT2D eigenvalue weighted by Gasteiger charge is -2.37. The Morgan fingerprint density at radius 3 is 2.52 bits per heavy atom. The van der Waals surface area contributed by atoms with E-state index >= 15 is 0 Å². The van der Waals surface area contributed by atoms with E-state index < -0.39 is 0 Å². The average Bonchev–Trinajstić information content (AvgIpc) is 2.76. The van der Waals surface area contributed by atoms with Crippen molar-refractivity contribution in [1.82, 2.24) is 20.0 Å². The summed E-state index contributed by atoms with van der Waals surface area (Å²) in [5.41, 5.74) is 0. The van der Waals surface area contributed by atoms with Crippen molar-refractivity contribution in [2.24, 2.45) is 4.99 Å². The Morgan fingerprint density at radius 1 is 1.10 bits per heavy atom. The van der Waals surface area contributed by atoms with Crippen LogP contribution in [0.3, 0.4) is 0 Å². The Bertz CT molecular complexity index is 482. The second-order valence-electron chi connectivity index (χ2n) is 8.89. The van der Waals surface area contributed by atoms with Crippen LogP contribution in [0.4, 0.5) is 0 Å². The van der Waals surface area contributed by atoms with Gasteiger partial charge in [0.25, 0.3) is 0 Å². The van der Waals surface area contributed by atoms with Crippen LogP contribution in [-0.2, 0) is 9.47 Å². The van der Waals surface area contributed by atoms with Gasteiger partial charge < -0.3 is 24.6 Å². The first-order chi connectivity index (χ1) is 14.2. The van der Waals surface area contributed by atoms with Gasteiger partial charge in [-0.05, 0) is 53.0 Å². The van der Waals surface area contributed by atoms with E-state index in [0.717, 1.165) is 90.8 Å². The number of ether oxygens (including phenoxy) is 2. The minimum atomic E-state index is 0.316. The molecule has 0 radical (unpaired) electrons. The van der Waals surface area contributed by atoms with Gasteiger partial charge in [-0.25, -0.2) is 0 Å². The van der Waals surface area contributed by atoms with E-state index in [1.807, 2.05) is 0 Å². The molecule has 7 nitrogen and oxygen atoms in total. The molecule has 3 aliphatic rings. The molecule has 1 N–H and O–H groups in total. The zero-order valence-corrected chi connectivity index (χ0v) is 18.9. The van der Waals surface area contributed by atoms with E-state index in [4.69, 9.17) is 14.5 Å². The summed E-state index contributed by atoms with van der Waals surface area (Å²) in [6.45, 7) is 14.6. The van der Waals surface area contributed by atoms with Crippen LogP contribution < -0.4 is 5.32 Å². The molecule has 3 saturated heterocycles. The second kappa shape index (κ2) is 12.1. The van der Waals surface area contributed by atoms with Gasteiger partial charge in [-0.2, -0.15) is 0 Å². The van der Waals surface area contributed by atoms with Gasteiger partial charge in [0.05, 0.1) is 25.4 Å². The van der Waals surface area contributed by atoms with Gasteiger partial charge >= 0.3 is 0 Å². The minimum absolute atomic E-state index is 0.316. The highest BCUT2D eigenvalue weighted by atomic mass is 16.5. The molecule has 0 aromatic carbocycles. The van der Waals surface area contributed by atoms with Crippen LogP contribution in [0.2, 0.25) is 0 Å². The van der Waals surface area contributed by atoms with Crippen LogP contribution in [-0.4, -0.2) is 112 Å². The first-order valence-corrected chi connectivity index (χ1v) is 11.8. The van der Waals surface area contributed by atoms with E-state index in [1.54, 1.807) is 0 Å². The Hall–Kier alpha value is -0.890. The molecule has 0 aromatic heterocycles. The Kier molecular flexibility index (Phi) is 9.49. The third kappa shape index (κ3) is 7.39. The standard InChI is InChI=1S/C22H43N5O2/c1-4-23-22(24-17-19(2)26-14-12-25(3)13-15-26)27-10-8-20(9-11-27)29-18-21-7-5-6-16-28-21/h19-21H,4-18H2,1-3H3,(H,23,24). The van der Waals surface area contributed by atoms with Gasteiger partial charge in [0.1, 0.15) is 0 Å². The van der Waals surface area contributed by atoms with E-state index in [0.29, 0.717) is 18.2 Å². The molecule has 3 aliphatic heterocycles. The zero-order chi connectivity index (χ0) is 20.5. The number of nitrogens with zero attached hydrogens (tertiary/aromatic N) is 4. The van der Waals surface area contributed by atoms with Crippen molar-refractivity contribution in [3.05, 3.63) is 0 Å². The number of nitrogens with one attached hydrogen (secondary N) is 1. The Labute approximate surface area is 177 Å². The van der Waals surface area contributed by atoms with Gasteiger partial charge in [0.15, 0.2) is 5.96 Å². The molecule has 2 atom stereocenters. The highest BCUT2D eigenvalue weighted by Gasteiger charge is 2.24. The number of guanidine groups is 1. The second-order valence-corrected chi connectivity index (χ2v) is 8.89. The highest BCUT2D eigenvalue weighted by molar-refractivity contribution is 5.80. The van der Waals surface area contributed by atoms with Gasteiger partial charge in [-0.3, -0.25) is 9.89 Å². The minimum Gasteiger partial charge on any atom is -0.376 e. The summed E-state index contributed by atoms with van der Waals surface area (Å²) in [6, 6.07) is 0.494. The number of hydrogen-bond acceptors (Lipinski definition) is 5. The smallest absolute Gasteiger partial charge is 0.193 e. The molecule has 0 bridgehead atoms. The molecule has 2 unspecified atom stereocenters. The highest BCUT2D eigenvalue weighted by Crippen LogP contribution is 2.18.